The Morgan fingerprint density at radius 2 is 2.16 bits per heavy atom. The van der Waals surface area contributed by atoms with Gasteiger partial charge < -0.3 is 10.3 Å². The van der Waals surface area contributed by atoms with Crippen LogP contribution in [0.2, 0.25) is 0 Å². The molecular formula is C12H23N3O2S2. The van der Waals surface area contributed by atoms with E-state index < -0.39 is 10.0 Å². The molecule has 0 radical (unpaired) electrons. The van der Waals surface area contributed by atoms with Crippen molar-refractivity contribution in [3.8, 4) is 0 Å². The summed E-state index contributed by atoms with van der Waals surface area (Å²) >= 11 is 1.66. The van der Waals surface area contributed by atoms with Gasteiger partial charge in [0, 0.05) is 44.3 Å². The van der Waals surface area contributed by atoms with E-state index in [1.54, 1.807) is 42.7 Å². The molecule has 0 aliphatic rings. The summed E-state index contributed by atoms with van der Waals surface area (Å²) in [6.45, 7) is 2.33. The average molecular weight is 305 g/mol. The van der Waals surface area contributed by atoms with Crippen molar-refractivity contribution in [2.75, 3.05) is 19.1 Å². The number of hydrogen-bond donors (Lipinski definition) is 1. The Bertz CT molecular complexity index is 511. The number of aromatic nitrogens is 1. The molecule has 1 rings (SSSR count). The van der Waals surface area contributed by atoms with Gasteiger partial charge >= 0.3 is 0 Å². The molecule has 110 valence electrons. The van der Waals surface area contributed by atoms with E-state index in [1.807, 2.05) is 13.2 Å². The average Bonchev–Trinajstić information content (AvgIpc) is 2.77. The summed E-state index contributed by atoms with van der Waals surface area (Å²) in [5.74, 6) is 0.794. The molecule has 0 fully saturated rings. The Kier molecular flexibility index (Phi) is 5.91. The molecule has 19 heavy (non-hydrogen) atoms. The minimum absolute atomic E-state index is 0.0153. The van der Waals surface area contributed by atoms with E-state index in [9.17, 15) is 8.42 Å². The molecule has 0 aromatic carbocycles. The number of nitrogens with zero attached hydrogens (tertiary/aromatic N) is 2. The summed E-state index contributed by atoms with van der Waals surface area (Å²) in [5, 5.41) is 0. The van der Waals surface area contributed by atoms with Crippen LogP contribution in [0.25, 0.3) is 0 Å². The maximum Gasteiger partial charge on any atom is 0.244 e. The van der Waals surface area contributed by atoms with Gasteiger partial charge in [-0.1, -0.05) is 6.92 Å². The van der Waals surface area contributed by atoms with Gasteiger partial charge in [0.1, 0.15) is 4.90 Å². The third-order valence-electron chi connectivity index (χ3n) is 3.31. The Labute approximate surface area is 120 Å². The van der Waals surface area contributed by atoms with Crippen LogP contribution < -0.4 is 5.73 Å². The van der Waals surface area contributed by atoms with Crippen LogP contribution in [-0.2, 0) is 23.6 Å². The van der Waals surface area contributed by atoms with E-state index in [-0.39, 0.29) is 6.04 Å². The largest absolute Gasteiger partial charge is 0.352 e. The fourth-order valence-electron chi connectivity index (χ4n) is 1.96. The molecule has 7 heteroatoms. The molecule has 1 aromatic heterocycles. The van der Waals surface area contributed by atoms with Crippen molar-refractivity contribution < 1.29 is 8.42 Å². The van der Waals surface area contributed by atoms with Crippen molar-refractivity contribution in [2.45, 2.75) is 30.8 Å². The number of hydrogen-bond acceptors (Lipinski definition) is 4. The zero-order chi connectivity index (χ0) is 14.6. The molecule has 0 saturated carbocycles. The number of sulfonamides is 1. The molecule has 0 aliphatic heterocycles. The van der Waals surface area contributed by atoms with Crippen molar-refractivity contribution in [3.05, 3.63) is 18.0 Å². The van der Waals surface area contributed by atoms with Gasteiger partial charge in [-0.15, -0.1) is 0 Å². The van der Waals surface area contributed by atoms with Gasteiger partial charge in [0.15, 0.2) is 0 Å². The molecule has 2 N–H and O–H groups in total. The topological polar surface area (TPSA) is 68.3 Å². The van der Waals surface area contributed by atoms with Crippen LogP contribution in [-0.4, -0.2) is 42.4 Å². The van der Waals surface area contributed by atoms with Crippen LogP contribution >= 0.6 is 11.8 Å². The van der Waals surface area contributed by atoms with Crippen molar-refractivity contribution in [2.24, 2.45) is 12.8 Å². The van der Waals surface area contributed by atoms with Crippen LogP contribution in [0.3, 0.4) is 0 Å². The monoisotopic (exact) mass is 305 g/mol. The predicted octanol–water partition coefficient (Wildman–Crippen LogP) is 1.25. The lowest BCUT2D eigenvalue weighted by Crippen LogP contribution is -2.38. The molecule has 0 spiro atoms. The number of nitrogens with two attached hydrogens (primary N) is 1. The summed E-state index contributed by atoms with van der Waals surface area (Å²) in [7, 11) is 0.0130. The summed E-state index contributed by atoms with van der Waals surface area (Å²) < 4.78 is 28.3. The smallest absolute Gasteiger partial charge is 0.244 e. The maximum absolute atomic E-state index is 12.6. The highest BCUT2D eigenvalue weighted by Gasteiger charge is 2.28. The highest BCUT2D eigenvalue weighted by atomic mass is 32.2. The normalized spacial score (nSPS) is 14.0. The third kappa shape index (κ3) is 3.53. The first kappa shape index (κ1) is 16.6. The molecule has 1 aromatic rings. The summed E-state index contributed by atoms with van der Waals surface area (Å²) in [6.07, 6.45) is 4.41. The van der Waals surface area contributed by atoms with Crippen molar-refractivity contribution in [1.29, 1.82) is 0 Å². The molecule has 5 nitrogen and oxygen atoms in total. The van der Waals surface area contributed by atoms with E-state index >= 15 is 0 Å². The standard InChI is InChI=1S/C12H23N3O2S2/c1-5-10(9-18-4)15(3)19(16,17)12-6-11(7-13)14(2)8-12/h6,8,10H,5,7,9,13H2,1-4H3. The zero-order valence-electron chi connectivity index (χ0n) is 12.0. The Morgan fingerprint density at radius 3 is 2.58 bits per heavy atom. The second-order valence-corrected chi connectivity index (χ2v) is 7.43. The lowest BCUT2D eigenvalue weighted by atomic mass is 10.3. The number of aryl methyl sites for hydroxylation is 1. The lowest BCUT2D eigenvalue weighted by Gasteiger charge is -2.25. The summed E-state index contributed by atoms with van der Waals surface area (Å²) in [4.78, 5) is 0.317. The van der Waals surface area contributed by atoms with Gasteiger partial charge in [-0.25, -0.2) is 8.42 Å². The van der Waals surface area contributed by atoms with E-state index in [2.05, 4.69) is 0 Å². The van der Waals surface area contributed by atoms with Gasteiger partial charge in [-0.05, 0) is 18.7 Å². The van der Waals surface area contributed by atoms with Gasteiger partial charge in [0.2, 0.25) is 10.0 Å². The molecule has 0 aliphatic carbocycles. The van der Waals surface area contributed by atoms with E-state index in [0.29, 0.717) is 11.4 Å². The summed E-state index contributed by atoms with van der Waals surface area (Å²) in [6, 6.07) is 1.67. The van der Waals surface area contributed by atoms with Crippen LogP contribution in [0.5, 0.6) is 0 Å². The van der Waals surface area contributed by atoms with E-state index in [0.717, 1.165) is 17.9 Å². The first-order valence-electron chi connectivity index (χ1n) is 6.20. The van der Waals surface area contributed by atoms with Crippen LogP contribution in [0.15, 0.2) is 17.2 Å². The Morgan fingerprint density at radius 1 is 1.53 bits per heavy atom. The lowest BCUT2D eigenvalue weighted by molar-refractivity contribution is 0.385. The van der Waals surface area contributed by atoms with E-state index in [1.165, 1.54) is 4.31 Å². The second-order valence-electron chi connectivity index (χ2n) is 4.52. The minimum atomic E-state index is -3.44. The second kappa shape index (κ2) is 6.78. The molecular weight excluding hydrogens is 282 g/mol. The van der Waals surface area contributed by atoms with Gasteiger partial charge in [-0.3, -0.25) is 0 Å². The molecule has 1 unspecified atom stereocenters. The minimum Gasteiger partial charge on any atom is -0.352 e. The van der Waals surface area contributed by atoms with Crippen LogP contribution in [0.4, 0.5) is 0 Å². The molecule has 0 bridgehead atoms. The first-order valence-corrected chi connectivity index (χ1v) is 9.04. The van der Waals surface area contributed by atoms with Crippen LogP contribution in [0.1, 0.15) is 19.0 Å². The fourth-order valence-corrected chi connectivity index (χ4v) is 4.42. The van der Waals surface area contributed by atoms with Gasteiger partial charge in [0.25, 0.3) is 0 Å². The zero-order valence-corrected chi connectivity index (χ0v) is 13.6. The highest BCUT2D eigenvalue weighted by molar-refractivity contribution is 7.98. The SMILES string of the molecule is CCC(CSC)N(C)S(=O)(=O)c1cc(CN)n(C)c1. The van der Waals surface area contributed by atoms with E-state index in [4.69, 9.17) is 5.73 Å². The predicted molar refractivity (Wildman–Crippen MR) is 80.7 cm³/mol. The van der Waals surface area contributed by atoms with Gasteiger partial charge in [-0.2, -0.15) is 16.1 Å². The molecule has 1 atom stereocenters. The van der Waals surface area contributed by atoms with Crippen molar-refractivity contribution in [1.82, 2.24) is 8.87 Å². The maximum atomic E-state index is 12.6. The first-order chi connectivity index (χ1) is 8.88. The number of thioether (sulfide) groups is 1. The molecule has 1 heterocycles. The third-order valence-corrected chi connectivity index (χ3v) is 5.91. The van der Waals surface area contributed by atoms with Crippen LogP contribution in [0, 0.1) is 0 Å². The molecule has 0 saturated heterocycles. The van der Waals surface area contributed by atoms with Crippen molar-refractivity contribution in [3.63, 3.8) is 0 Å². The quantitative estimate of drug-likeness (QED) is 0.823. The highest BCUT2D eigenvalue weighted by Crippen LogP contribution is 2.21. The summed E-state index contributed by atoms with van der Waals surface area (Å²) in [5.41, 5.74) is 6.39. The Balaban J connectivity index is 3.08. The number of rotatable bonds is 7. The Hall–Kier alpha value is -0.500. The molecule has 0 amide bonds. The van der Waals surface area contributed by atoms with Gasteiger partial charge in [0.05, 0.1) is 0 Å². The van der Waals surface area contributed by atoms with Crippen molar-refractivity contribution >= 4 is 21.8 Å². The fraction of sp³-hybridized carbons (Fsp3) is 0.667.